The average Bonchev–Trinajstić information content (AvgIpc) is 3.31. The van der Waals surface area contributed by atoms with Crippen LogP contribution in [-0.2, 0) is 4.79 Å². The maximum Gasteiger partial charge on any atom is 0.283 e. The summed E-state index contributed by atoms with van der Waals surface area (Å²) in [6.07, 6.45) is 4.33. The quantitative estimate of drug-likeness (QED) is 0.788. The van der Waals surface area contributed by atoms with Crippen LogP contribution in [0, 0.1) is 11.7 Å². The predicted molar refractivity (Wildman–Crippen MR) is 80.2 cm³/mol. The van der Waals surface area contributed by atoms with Crippen LogP contribution in [0.3, 0.4) is 0 Å². The van der Waals surface area contributed by atoms with Gasteiger partial charge < -0.3 is 0 Å². The molecule has 0 spiro atoms. The summed E-state index contributed by atoms with van der Waals surface area (Å²) in [6, 6.07) is 5.70. The molecule has 1 saturated carbocycles. The normalized spacial score (nSPS) is 14.1. The van der Waals surface area contributed by atoms with E-state index in [1.54, 1.807) is 12.1 Å². The zero-order chi connectivity index (χ0) is 16.0. The van der Waals surface area contributed by atoms with Crippen LogP contribution < -0.4 is 11.0 Å². The van der Waals surface area contributed by atoms with Crippen molar-refractivity contribution in [2.75, 3.05) is 5.43 Å². The van der Waals surface area contributed by atoms with Crippen LogP contribution in [0.2, 0.25) is 0 Å². The average molecular weight is 313 g/mol. The lowest BCUT2D eigenvalue weighted by atomic mass is 10.3. The number of nitrogens with zero attached hydrogens (tertiary/aromatic N) is 4. The Hall–Kier alpha value is -3.03. The number of fused-ring (bicyclic) bond motifs is 1. The summed E-state index contributed by atoms with van der Waals surface area (Å²) in [6.45, 7) is 0. The number of rotatable bonds is 3. The second-order valence-electron chi connectivity index (χ2n) is 5.44. The van der Waals surface area contributed by atoms with Crippen LogP contribution in [0.5, 0.6) is 0 Å². The number of halogens is 1. The molecule has 0 bridgehead atoms. The number of hydrogen-bond acceptors (Lipinski definition) is 4. The summed E-state index contributed by atoms with van der Waals surface area (Å²) in [5, 5.41) is 4.40. The third kappa shape index (κ3) is 2.37. The maximum atomic E-state index is 13.0. The fourth-order valence-corrected chi connectivity index (χ4v) is 2.32. The molecule has 1 amide bonds. The fourth-order valence-electron chi connectivity index (χ4n) is 2.32. The van der Waals surface area contributed by atoms with Crippen molar-refractivity contribution in [3.63, 3.8) is 0 Å². The highest BCUT2D eigenvalue weighted by Gasteiger charge is 2.30. The van der Waals surface area contributed by atoms with Crippen LogP contribution in [0.1, 0.15) is 12.8 Å². The molecule has 3 aromatic rings. The van der Waals surface area contributed by atoms with Gasteiger partial charge in [-0.05, 0) is 37.1 Å². The van der Waals surface area contributed by atoms with Crippen molar-refractivity contribution in [1.29, 1.82) is 0 Å². The number of amides is 1. The molecule has 0 saturated heterocycles. The van der Waals surface area contributed by atoms with E-state index in [0.717, 1.165) is 17.5 Å². The Kier molecular flexibility index (Phi) is 2.97. The number of nitrogens with one attached hydrogen (secondary N) is 1. The van der Waals surface area contributed by atoms with E-state index in [4.69, 9.17) is 0 Å². The Morgan fingerprint density at radius 2 is 2.00 bits per heavy atom. The fraction of sp³-hybridized carbons (Fsp3) is 0.200. The van der Waals surface area contributed by atoms with Gasteiger partial charge in [-0.3, -0.25) is 15.0 Å². The summed E-state index contributed by atoms with van der Waals surface area (Å²) in [7, 11) is 0. The van der Waals surface area contributed by atoms with E-state index >= 15 is 0 Å². The third-order valence-electron chi connectivity index (χ3n) is 3.74. The van der Waals surface area contributed by atoms with Crippen molar-refractivity contribution in [3.8, 4) is 5.69 Å². The zero-order valence-corrected chi connectivity index (χ0v) is 11.9. The molecule has 1 fully saturated rings. The molecule has 0 aliphatic heterocycles. The lowest BCUT2D eigenvalue weighted by Crippen LogP contribution is -2.33. The van der Waals surface area contributed by atoms with Crippen LogP contribution in [0.4, 0.5) is 4.39 Å². The molecule has 0 radical (unpaired) electrons. The minimum atomic E-state index is -0.405. The molecule has 8 heteroatoms. The first-order chi connectivity index (χ1) is 11.1. The molecule has 2 aromatic heterocycles. The van der Waals surface area contributed by atoms with Crippen LogP contribution in [0.25, 0.3) is 16.7 Å². The Morgan fingerprint density at radius 1 is 1.26 bits per heavy atom. The van der Waals surface area contributed by atoms with Crippen molar-refractivity contribution < 1.29 is 9.18 Å². The van der Waals surface area contributed by atoms with Gasteiger partial charge in [0.1, 0.15) is 17.5 Å². The van der Waals surface area contributed by atoms with Gasteiger partial charge in [0, 0.05) is 5.92 Å². The minimum absolute atomic E-state index is 0.0143. The van der Waals surface area contributed by atoms with Crippen molar-refractivity contribution >= 4 is 16.9 Å². The Balaban J connectivity index is 1.75. The number of carbonyl (C=O) groups excluding carboxylic acids is 1. The standard InChI is InChI=1S/C15H12FN5O2/c16-10-3-5-11(6-4-10)21-13-12(7-18-21)15(23)20(8-17-13)19-14(22)9-1-2-9/h3-9H,1-2H2,(H,19,22). The summed E-state index contributed by atoms with van der Waals surface area (Å²) in [5.41, 5.74) is 3.07. The lowest BCUT2D eigenvalue weighted by Gasteiger charge is -2.07. The summed E-state index contributed by atoms with van der Waals surface area (Å²) in [5.74, 6) is -0.554. The van der Waals surface area contributed by atoms with Gasteiger partial charge in [0.25, 0.3) is 5.56 Å². The van der Waals surface area contributed by atoms with Gasteiger partial charge in [0.05, 0.1) is 11.9 Å². The van der Waals surface area contributed by atoms with Crippen LogP contribution >= 0.6 is 0 Å². The van der Waals surface area contributed by atoms with E-state index in [2.05, 4.69) is 15.5 Å². The molecular formula is C15H12FN5O2. The van der Waals surface area contributed by atoms with E-state index in [1.807, 2.05) is 0 Å². The summed E-state index contributed by atoms with van der Waals surface area (Å²) < 4.78 is 15.5. The monoisotopic (exact) mass is 313 g/mol. The second-order valence-corrected chi connectivity index (χ2v) is 5.44. The molecule has 1 N–H and O–H groups in total. The van der Waals surface area contributed by atoms with E-state index in [9.17, 15) is 14.0 Å². The Bertz CT molecular complexity index is 956. The molecule has 23 heavy (non-hydrogen) atoms. The maximum absolute atomic E-state index is 13.0. The van der Waals surface area contributed by atoms with Gasteiger partial charge in [-0.15, -0.1) is 0 Å². The van der Waals surface area contributed by atoms with E-state index in [-0.39, 0.29) is 23.0 Å². The molecule has 1 aliphatic rings. The van der Waals surface area contributed by atoms with Gasteiger partial charge in [-0.1, -0.05) is 0 Å². The zero-order valence-electron chi connectivity index (χ0n) is 11.9. The third-order valence-corrected chi connectivity index (χ3v) is 3.74. The first-order valence-electron chi connectivity index (χ1n) is 7.16. The molecule has 1 aliphatic carbocycles. The second kappa shape index (κ2) is 5.01. The van der Waals surface area contributed by atoms with E-state index in [1.165, 1.54) is 29.3 Å². The number of aromatic nitrogens is 4. The summed E-state index contributed by atoms with van der Waals surface area (Å²) >= 11 is 0. The number of carbonyl (C=O) groups is 1. The van der Waals surface area contributed by atoms with Gasteiger partial charge in [0.15, 0.2) is 5.65 Å². The SMILES string of the molecule is O=C(Nn1cnc2c(cnn2-c2ccc(F)cc2)c1=O)C1CC1. The molecule has 7 nitrogen and oxygen atoms in total. The number of hydrogen-bond donors (Lipinski definition) is 1. The summed E-state index contributed by atoms with van der Waals surface area (Å²) in [4.78, 5) is 28.4. The van der Waals surface area contributed by atoms with Gasteiger partial charge in [0.2, 0.25) is 5.91 Å². The van der Waals surface area contributed by atoms with Gasteiger partial charge in [-0.25, -0.2) is 18.7 Å². The predicted octanol–water partition coefficient (Wildman–Crippen LogP) is 1.20. The van der Waals surface area contributed by atoms with Crippen molar-refractivity contribution in [1.82, 2.24) is 19.4 Å². The molecule has 0 atom stereocenters. The number of benzene rings is 1. The molecule has 2 heterocycles. The molecule has 0 unspecified atom stereocenters. The highest BCUT2D eigenvalue weighted by atomic mass is 19.1. The lowest BCUT2D eigenvalue weighted by molar-refractivity contribution is -0.118. The molecule has 4 rings (SSSR count). The highest BCUT2D eigenvalue weighted by Crippen LogP contribution is 2.28. The first kappa shape index (κ1) is 13.6. The van der Waals surface area contributed by atoms with Crippen molar-refractivity contribution in [3.05, 3.63) is 53.0 Å². The van der Waals surface area contributed by atoms with E-state index in [0.29, 0.717) is 11.3 Å². The van der Waals surface area contributed by atoms with Crippen molar-refractivity contribution in [2.24, 2.45) is 5.92 Å². The smallest absolute Gasteiger partial charge is 0.273 e. The largest absolute Gasteiger partial charge is 0.283 e. The Morgan fingerprint density at radius 3 is 2.70 bits per heavy atom. The van der Waals surface area contributed by atoms with Crippen molar-refractivity contribution in [2.45, 2.75) is 12.8 Å². The van der Waals surface area contributed by atoms with Gasteiger partial charge in [-0.2, -0.15) is 5.10 Å². The van der Waals surface area contributed by atoms with E-state index < -0.39 is 5.56 Å². The first-order valence-corrected chi connectivity index (χ1v) is 7.16. The highest BCUT2D eigenvalue weighted by molar-refractivity contribution is 5.88. The Labute approximate surface area is 129 Å². The minimum Gasteiger partial charge on any atom is -0.273 e. The molecule has 1 aromatic carbocycles. The topological polar surface area (TPSA) is 81.8 Å². The van der Waals surface area contributed by atoms with Crippen LogP contribution in [0.15, 0.2) is 41.6 Å². The van der Waals surface area contributed by atoms with Crippen LogP contribution in [-0.4, -0.2) is 25.3 Å². The van der Waals surface area contributed by atoms with Gasteiger partial charge >= 0.3 is 0 Å². The molecule has 116 valence electrons. The molecular weight excluding hydrogens is 301 g/mol.